The summed E-state index contributed by atoms with van der Waals surface area (Å²) in [5.74, 6) is 0.00397. The zero-order valence-corrected chi connectivity index (χ0v) is 10.0. The van der Waals surface area contributed by atoms with Gasteiger partial charge in [0.25, 0.3) is 0 Å². The van der Waals surface area contributed by atoms with Gasteiger partial charge in [-0.2, -0.15) is 0 Å². The third-order valence-corrected chi connectivity index (χ3v) is 2.74. The van der Waals surface area contributed by atoms with Crippen molar-refractivity contribution in [3.05, 3.63) is 23.2 Å². The number of rotatable bonds is 3. The van der Waals surface area contributed by atoms with Crippen LogP contribution in [0.5, 0.6) is 11.5 Å². The molecule has 0 amide bonds. The van der Waals surface area contributed by atoms with Gasteiger partial charge in [-0.25, -0.2) is 0 Å². The number of hydrogen-bond donors (Lipinski definition) is 1. The SMILES string of the molecule is FC(F)(F)Oc1ccc(OC2CCNC2)cc1Cl. The van der Waals surface area contributed by atoms with E-state index in [0.29, 0.717) is 5.75 Å². The number of nitrogens with one attached hydrogen (secondary N) is 1. The summed E-state index contributed by atoms with van der Waals surface area (Å²) in [4.78, 5) is 0. The molecule has 18 heavy (non-hydrogen) atoms. The van der Waals surface area contributed by atoms with E-state index in [2.05, 4.69) is 10.1 Å². The van der Waals surface area contributed by atoms with Crippen LogP contribution in [0.1, 0.15) is 6.42 Å². The molecule has 1 aliphatic rings. The first-order chi connectivity index (χ1) is 8.44. The first-order valence-electron chi connectivity index (χ1n) is 5.37. The fourth-order valence-corrected chi connectivity index (χ4v) is 1.89. The summed E-state index contributed by atoms with van der Waals surface area (Å²) in [5, 5.41) is 2.99. The van der Waals surface area contributed by atoms with Crippen molar-refractivity contribution in [3.8, 4) is 11.5 Å². The molecule has 7 heteroatoms. The zero-order valence-electron chi connectivity index (χ0n) is 9.26. The van der Waals surface area contributed by atoms with Gasteiger partial charge in [-0.1, -0.05) is 11.6 Å². The molecule has 100 valence electrons. The molecule has 2 rings (SSSR count). The van der Waals surface area contributed by atoms with Crippen LogP contribution in [0.3, 0.4) is 0 Å². The Hall–Kier alpha value is -1.14. The molecule has 0 saturated carbocycles. The molecule has 0 aliphatic carbocycles. The lowest BCUT2D eigenvalue weighted by atomic mass is 10.3. The molecule has 1 aromatic carbocycles. The van der Waals surface area contributed by atoms with Crippen LogP contribution in [-0.4, -0.2) is 25.6 Å². The zero-order chi connectivity index (χ0) is 13.2. The molecule has 0 radical (unpaired) electrons. The molecule has 0 aromatic heterocycles. The minimum atomic E-state index is -4.75. The van der Waals surface area contributed by atoms with Crippen LogP contribution >= 0.6 is 11.6 Å². The summed E-state index contributed by atoms with van der Waals surface area (Å²) in [7, 11) is 0. The molecule has 1 heterocycles. The second-order valence-corrected chi connectivity index (χ2v) is 4.28. The van der Waals surface area contributed by atoms with E-state index in [-0.39, 0.29) is 11.1 Å². The number of ether oxygens (including phenoxy) is 2. The Bertz CT molecular complexity index is 419. The van der Waals surface area contributed by atoms with Gasteiger partial charge in [-0.05, 0) is 25.1 Å². The average molecular weight is 282 g/mol. The van der Waals surface area contributed by atoms with E-state index in [0.717, 1.165) is 25.6 Å². The van der Waals surface area contributed by atoms with E-state index in [1.165, 1.54) is 12.1 Å². The standard InChI is InChI=1S/C11H11ClF3NO2/c12-9-5-7(17-8-3-4-16-6-8)1-2-10(9)18-11(13,14)15/h1-2,5,8,16H,3-4,6H2. The Morgan fingerprint density at radius 1 is 1.33 bits per heavy atom. The van der Waals surface area contributed by atoms with Gasteiger partial charge < -0.3 is 14.8 Å². The van der Waals surface area contributed by atoms with E-state index >= 15 is 0 Å². The predicted molar refractivity (Wildman–Crippen MR) is 60.0 cm³/mol. The molecule has 1 atom stereocenters. The van der Waals surface area contributed by atoms with Crippen LogP contribution in [-0.2, 0) is 0 Å². The van der Waals surface area contributed by atoms with Crippen molar-refractivity contribution in [1.29, 1.82) is 0 Å². The fourth-order valence-electron chi connectivity index (χ4n) is 1.68. The van der Waals surface area contributed by atoms with Gasteiger partial charge in [0.05, 0.1) is 5.02 Å². The van der Waals surface area contributed by atoms with Crippen LogP contribution in [0.2, 0.25) is 5.02 Å². The lowest BCUT2D eigenvalue weighted by molar-refractivity contribution is -0.274. The summed E-state index contributed by atoms with van der Waals surface area (Å²) in [6.45, 7) is 1.59. The van der Waals surface area contributed by atoms with E-state index < -0.39 is 12.1 Å². The van der Waals surface area contributed by atoms with Gasteiger partial charge in [-0.15, -0.1) is 13.2 Å². The summed E-state index contributed by atoms with van der Waals surface area (Å²) in [6.07, 6.45) is -3.87. The Balaban J connectivity index is 2.04. The quantitative estimate of drug-likeness (QED) is 0.924. The Morgan fingerprint density at radius 3 is 2.67 bits per heavy atom. The van der Waals surface area contributed by atoms with E-state index in [4.69, 9.17) is 16.3 Å². The maximum Gasteiger partial charge on any atom is 0.573 e. The van der Waals surface area contributed by atoms with Crippen LogP contribution in [0.15, 0.2) is 18.2 Å². The summed E-state index contributed by atoms with van der Waals surface area (Å²) in [6, 6.07) is 3.87. The highest BCUT2D eigenvalue weighted by molar-refractivity contribution is 6.32. The van der Waals surface area contributed by atoms with Crippen LogP contribution < -0.4 is 14.8 Å². The van der Waals surface area contributed by atoms with Crippen LogP contribution in [0.4, 0.5) is 13.2 Å². The third-order valence-electron chi connectivity index (χ3n) is 2.45. The topological polar surface area (TPSA) is 30.5 Å². The Morgan fingerprint density at radius 2 is 2.11 bits per heavy atom. The fraction of sp³-hybridized carbons (Fsp3) is 0.455. The Kier molecular flexibility index (Phi) is 3.87. The first-order valence-corrected chi connectivity index (χ1v) is 5.74. The molecule has 1 aromatic rings. The molecule has 0 bridgehead atoms. The molecule has 0 spiro atoms. The van der Waals surface area contributed by atoms with Crippen molar-refractivity contribution >= 4 is 11.6 Å². The molecular formula is C11H11ClF3NO2. The van der Waals surface area contributed by atoms with E-state index in [9.17, 15) is 13.2 Å². The largest absolute Gasteiger partial charge is 0.573 e. The number of benzene rings is 1. The van der Waals surface area contributed by atoms with Gasteiger partial charge >= 0.3 is 6.36 Å². The van der Waals surface area contributed by atoms with Crippen molar-refractivity contribution in [1.82, 2.24) is 5.32 Å². The highest BCUT2D eigenvalue weighted by Gasteiger charge is 2.32. The monoisotopic (exact) mass is 281 g/mol. The smallest absolute Gasteiger partial charge is 0.489 e. The summed E-state index contributed by atoms with van der Waals surface area (Å²) in [5.41, 5.74) is 0. The van der Waals surface area contributed by atoms with Gasteiger partial charge in [-0.3, -0.25) is 0 Å². The maximum absolute atomic E-state index is 12.0. The highest BCUT2D eigenvalue weighted by atomic mass is 35.5. The molecule has 1 N–H and O–H groups in total. The average Bonchev–Trinajstić information content (AvgIpc) is 2.73. The highest BCUT2D eigenvalue weighted by Crippen LogP contribution is 2.33. The normalized spacial score (nSPS) is 19.9. The van der Waals surface area contributed by atoms with Crippen LogP contribution in [0.25, 0.3) is 0 Å². The van der Waals surface area contributed by atoms with Gasteiger partial charge in [0.15, 0.2) is 0 Å². The lowest BCUT2D eigenvalue weighted by Gasteiger charge is -2.14. The second-order valence-electron chi connectivity index (χ2n) is 3.87. The predicted octanol–water partition coefficient (Wildman–Crippen LogP) is 2.98. The van der Waals surface area contributed by atoms with Crippen molar-refractivity contribution in [2.45, 2.75) is 18.9 Å². The van der Waals surface area contributed by atoms with Crippen LogP contribution in [0, 0.1) is 0 Å². The lowest BCUT2D eigenvalue weighted by Crippen LogP contribution is -2.20. The first kappa shape index (κ1) is 13.3. The van der Waals surface area contributed by atoms with E-state index in [1.807, 2.05) is 0 Å². The molecule has 1 saturated heterocycles. The summed E-state index contributed by atoms with van der Waals surface area (Å²) < 4.78 is 45.4. The molecule has 1 fully saturated rings. The number of alkyl halides is 3. The molecular weight excluding hydrogens is 271 g/mol. The van der Waals surface area contributed by atoms with Crippen molar-refractivity contribution in [3.63, 3.8) is 0 Å². The Labute approximate surface area is 107 Å². The van der Waals surface area contributed by atoms with Crippen molar-refractivity contribution in [2.75, 3.05) is 13.1 Å². The maximum atomic E-state index is 12.0. The molecule has 1 aliphatic heterocycles. The number of halogens is 4. The van der Waals surface area contributed by atoms with Crippen molar-refractivity contribution in [2.24, 2.45) is 0 Å². The third kappa shape index (κ3) is 3.68. The number of hydrogen-bond acceptors (Lipinski definition) is 3. The van der Waals surface area contributed by atoms with Gasteiger partial charge in [0.1, 0.15) is 17.6 Å². The molecule has 1 unspecified atom stereocenters. The van der Waals surface area contributed by atoms with Gasteiger partial charge in [0.2, 0.25) is 0 Å². The minimum absolute atomic E-state index is 0.0236. The minimum Gasteiger partial charge on any atom is -0.489 e. The van der Waals surface area contributed by atoms with Gasteiger partial charge in [0, 0.05) is 12.6 Å². The van der Waals surface area contributed by atoms with E-state index in [1.54, 1.807) is 0 Å². The summed E-state index contributed by atoms with van der Waals surface area (Å²) >= 11 is 5.70. The second kappa shape index (κ2) is 5.24. The molecule has 3 nitrogen and oxygen atoms in total. The van der Waals surface area contributed by atoms with Crippen molar-refractivity contribution < 1.29 is 22.6 Å².